The zero-order chi connectivity index (χ0) is 22.9. The summed E-state index contributed by atoms with van der Waals surface area (Å²) in [6.45, 7) is 2.19. The van der Waals surface area contributed by atoms with Gasteiger partial charge in [0.05, 0.1) is 0 Å². The number of methoxy groups -OCH3 is 1. The van der Waals surface area contributed by atoms with E-state index in [0.717, 1.165) is 16.7 Å². The molecule has 0 aliphatic carbocycles. The largest absolute Gasteiger partial charge is 0.481 e. The van der Waals surface area contributed by atoms with Gasteiger partial charge in [-0.3, -0.25) is 4.79 Å². The van der Waals surface area contributed by atoms with Crippen LogP contribution in [-0.4, -0.2) is 36.7 Å². The van der Waals surface area contributed by atoms with Gasteiger partial charge in [0.25, 0.3) is 0 Å². The second-order valence-corrected chi connectivity index (χ2v) is 7.27. The molecule has 3 rings (SSSR count). The molecule has 0 heterocycles. The third-order valence-electron chi connectivity index (χ3n) is 4.91. The highest BCUT2D eigenvalue weighted by atomic mass is 16.5. The van der Waals surface area contributed by atoms with Gasteiger partial charge in [0.2, 0.25) is 0 Å². The smallest absolute Gasteiger partial charge is 0.333 e. The summed E-state index contributed by atoms with van der Waals surface area (Å²) < 4.78 is 10.6. The molecule has 0 amide bonds. The molecule has 5 nitrogen and oxygen atoms in total. The van der Waals surface area contributed by atoms with Gasteiger partial charge in [-0.1, -0.05) is 53.8 Å². The van der Waals surface area contributed by atoms with Crippen LogP contribution in [0.25, 0.3) is 0 Å². The number of benzene rings is 3. The van der Waals surface area contributed by atoms with Gasteiger partial charge < -0.3 is 14.6 Å². The molecule has 1 atom stereocenters. The van der Waals surface area contributed by atoms with E-state index in [-0.39, 0.29) is 12.4 Å². The van der Waals surface area contributed by atoms with E-state index in [9.17, 15) is 9.59 Å². The summed E-state index contributed by atoms with van der Waals surface area (Å²) in [6, 6.07) is 21.8. The number of carbonyl (C=O) groups is 2. The van der Waals surface area contributed by atoms with E-state index in [1.165, 1.54) is 7.11 Å². The summed E-state index contributed by atoms with van der Waals surface area (Å²) in [5, 5.41) is 9.05. The minimum absolute atomic E-state index is 0.0278. The highest BCUT2D eigenvalue weighted by Crippen LogP contribution is 2.16. The zero-order valence-electron chi connectivity index (χ0n) is 18.0. The number of hydrogen-bond donors (Lipinski definition) is 1. The fourth-order valence-electron chi connectivity index (χ4n) is 3.04. The van der Waals surface area contributed by atoms with Crippen LogP contribution in [0.1, 0.15) is 32.6 Å². The maximum atomic E-state index is 12.5. The number of carboxylic acid groups (broad SMARTS) is 1. The van der Waals surface area contributed by atoms with Crippen molar-refractivity contribution in [3.63, 3.8) is 0 Å². The van der Waals surface area contributed by atoms with Crippen molar-refractivity contribution in [1.82, 2.24) is 0 Å². The highest BCUT2D eigenvalue weighted by Gasteiger charge is 2.16. The van der Waals surface area contributed by atoms with Crippen molar-refractivity contribution in [2.75, 3.05) is 13.7 Å². The van der Waals surface area contributed by atoms with Gasteiger partial charge in [-0.25, -0.2) is 4.79 Å². The number of rotatable bonds is 8. The Kier molecular flexibility index (Phi) is 7.80. The predicted molar refractivity (Wildman–Crippen MR) is 122 cm³/mol. The molecular weight excluding hydrogens is 404 g/mol. The zero-order valence-corrected chi connectivity index (χ0v) is 18.0. The Morgan fingerprint density at radius 1 is 0.906 bits per heavy atom. The minimum atomic E-state index is -0.985. The van der Waals surface area contributed by atoms with Crippen LogP contribution in [0, 0.1) is 18.8 Å². The number of ether oxygens (including phenoxy) is 2. The number of carboxylic acids is 1. The Morgan fingerprint density at radius 2 is 1.50 bits per heavy atom. The highest BCUT2D eigenvalue weighted by molar-refractivity contribution is 6.09. The monoisotopic (exact) mass is 428 g/mol. The molecule has 0 saturated carbocycles. The van der Waals surface area contributed by atoms with Crippen molar-refractivity contribution in [2.24, 2.45) is 0 Å². The second-order valence-electron chi connectivity index (χ2n) is 7.27. The van der Waals surface area contributed by atoms with Crippen molar-refractivity contribution < 1.29 is 24.2 Å². The summed E-state index contributed by atoms with van der Waals surface area (Å²) in [5.74, 6) is 5.58. The molecular formula is C27H24O5. The van der Waals surface area contributed by atoms with Gasteiger partial charge in [0.15, 0.2) is 11.9 Å². The Balaban J connectivity index is 1.52. The topological polar surface area (TPSA) is 72.8 Å². The molecule has 3 aromatic rings. The third kappa shape index (κ3) is 6.31. The van der Waals surface area contributed by atoms with Crippen molar-refractivity contribution in [2.45, 2.75) is 19.4 Å². The number of carbonyl (C=O) groups excluding carboxylic acids is 1. The van der Waals surface area contributed by atoms with E-state index in [1.54, 1.807) is 24.3 Å². The summed E-state index contributed by atoms with van der Waals surface area (Å²) >= 11 is 0. The van der Waals surface area contributed by atoms with Gasteiger partial charge in [0, 0.05) is 30.2 Å². The van der Waals surface area contributed by atoms with Crippen LogP contribution < -0.4 is 4.74 Å². The van der Waals surface area contributed by atoms with Crippen LogP contribution in [0.4, 0.5) is 0 Å². The van der Waals surface area contributed by atoms with E-state index in [1.807, 2.05) is 55.5 Å². The standard InChI is InChI=1S/C27H24O5/c1-19-5-11-22(12-6-19)26(28)23-13-15-24(16-14-23)32-17-3-4-20-7-9-21(10-8-20)18-25(31-2)27(29)30/h5-16,25H,17-18H2,1-2H3,(H,29,30). The molecule has 0 aliphatic rings. The molecule has 0 aliphatic heterocycles. The molecule has 5 heteroatoms. The lowest BCUT2D eigenvalue weighted by atomic mass is 10.0. The molecule has 0 bridgehead atoms. The lowest BCUT2D eigenvalue weighted by molar-refractivity contribution is -0.148. The lowest BCUT2D eigenvalue weighted by Crippen LogP contribution is -2.24. The normalized spacial score (nSPS) is 11.2. The molecule has 0 fully saturated rings. The molecule has 0 aromatic heterocycles. The van der Waals surface area contributed by atoms with Gasteiger partial charge in [-0.15, -0.1) is 0 Å². The Bertz CT molecular complexity index is 1120. The number of ketones is 1. The Hall–Kier alpha value is -3.88. The quantitative estimate of drug-likeness (QED) is 0.428. The SMILES string of the molecule is COC(Cc1ccc(C#CCOc2ccc(C(=O)c3ccc(C)cc3)cc2)cc1)C(=O)O. The van der Waals surface area contributed by atoms with Crippen LogP contribution in [0.2, 0.25) is 0 Å². The average Bonchev–Trinajstić information content (AvgIpc) is 2.81. The molecule has 162 valence electrons. The Labute approximate surface area is 187 Å². The first-order valence-corrected chi connectivity index (χ1v) is 10.1. The third-order valence-corrected chi connectivity index (χ3v) is 4.91. The first-order valence-electron chi connectivity index (χ1n) is 10.1. The summed E-state index contributed by atoms with van der Waals surface area (Å²) in [6.07, 6.45) is -0.565. The van der Waals surface area contributed by atoms with Crippen LogP contribution in [-0.2, 0) is 16.0 Å². The van der Waals surface area contributed by atoms with Gasteiger partial charge in [-0.05, 0) is 48.9 Å². The van der Waals surface area contributed by atoms with Crippen LogP contribution in [0.3, 0.4) is 0 Å². The Morgan fingerprint density at radius 3 is 2.06 bits per heavy atom. The van der Waals surface area contributed by atoms with E-state index in [2.05, 4.69) is 11.8 Å². The average molecular weight is 428 g/mol. The van der Waals surface area contributed by atoms with Crippen molar-refractivity contribution in [3.05, 3.63) is 101 Å². The molecule has 0 radical (unpaired) electrons. The van der Waals surface area contributed by atoms with Crippen LogP contribution in [0.5, 0.6) is 5.75 Å². The van der Waals surface area contributed by atoms with E-state index >= 15 is 0 Å². The molecule has 3 aromatic carbocycles. The van der Waals surface area contributed by atoms with Gasteiger partial charge >= 0.3 is 5.97 Å². The molecule has 0 spiro atoms. The lowest BCUT2D eigenvalue weighted by Gasteiger charge is -2.10. The molecule has 1 unspecified atom stereocenters. The fourth-order valence-corrected chi connectivity index (χ4v) is 3.04. The minimum Gasteiger partial charge on any atom is -0.481 e. The van der Waals surface area contributed by atoms with Crippen molar-refractivity contribution in [1.29, 1.82) is 0 Å². The molecule has 1 N–H and O–H groups in total. The maximum absolute atomic E-state index is 12.5. The maximum Gasteiger partial charge on any atom is 0.333 e. The van der Waals surface area contributed by atoms with Gasteiger partial charge in [-0.2, -0.15) is 0 Å². The first kappa shape index (κ1) is 22.8. The van der Waals surface area contributed by atoms with E-state index < -0.39 is 12.1 Å². The summed E-state index contributed by atoms with van der Waals surface area (Å²) in [7, 11) is 1.38. The second kappa shape index (κ2) is 10.9. The number of hydrogen-bond acceptors (Lipinski definition) is 4. The number of aryl methyl sites for hydroxylation is 1. The van der Waals surface area contributed by atoms with Gasteiger partial charge in [0.1, 0.15) is 12.4 Å². The summed E-state index contributed by atoms with van der Waals surface area (Å²) in [4.78, 5) is 23.6. The van der Waals surface area contributed by atoms with Crippen molar-refractivity contribution >= 4 is 11.8 Å². The molecule has 32 heavy (non-hydrogen) atoms. The van der Waals surface area contributed by atoms with E-state index in [0.29, 0.717) is 23.3 Å². The number of aliphatic carboxylic acids is 1. The van der Waals surface area contributed by atoms with Crippen LogP contribution in [0.15, 0.2) is 72.8 Å². The van der Waals surface area contributed by atoms with Crippen molar-refractivity contribution in [3.8, 4) is 17.6 Å². The van der Waals surface area contributed by atoms with Crippen LogP contribution >= 0.6 is 0 Å². The first-order chi connectivity index (χ1) is 15.5. The fraction of sp³-hybridized carbons (Fsp3) is 0.185. The summed E-state index contributed by atoms with van der Waals surface area (Å²) in [5.41, 5.74) is 4.04. The molecule has 0 saturated heterocycles. The van der Waals surface area contributed by atoms with E-state index in [4.69, 9.17) is 14.6 Å². The predicted octanol–water partition coefficient (Wildman–Crippen LogP) is 4.30.